The Morgan fingerprint density at radius 3 is 2.76 bits per heavy atom. The van der Waals surface area contributed by atoms with Crippen molar-refractivity contribution in [2.24, 2.45) is 0 Å². The maximum atomic E-state index is 11.6. The number of carbonyl (C=O) groups excluding carboxylic acids is 1. The van der Waals surface area contributed by atoms with Crippen LogP contribution in [0.5, 0.6) is 0 Å². The third-order valence-corrected chi connectivity index (χ3v) is 2.69. The molecule has 0 spiro atoms. The fourth-order valence-corrected chi connectivity index (χ4v) is 1.50. The second-order valence-electron chi connectivity index (χ2n) is 3.82. The number of hydrogen-bond acceptors (Lipinski definition) is 3. The lowest BCUT2D eigenvalue weighted by atomic mass is 10.3. The fraction of sp³-hybridized carbons (Fsp3) is 0.500. The first-order chi connectivity index (χ1) is 7.91. The van der Waals surface area contributed by atoms with Crippen molar-refractivity contribution in [3.63, 3.8) is 0 Å². The molecule has 0 atom stereocenters. The first kappa shape index (κ1) is 14.0. The van der Waals surface area contributed by atoms with Crippen LogP contribution >= 0.6 is 23.2 Å². The van der Waals surface area contributed by atoms with Crippen LogP contribution in [0.3, 0.4) is 0 Å². The third kappa shape index (κ3) is 4.02. The molecule has 0 aromatic carbocycles. The van der Waals surface area contributed by atoms with E-state index in [-0.39, 0.29) is 35.1 Å². The average molecular weight is 278 g/mol. The van der Waals surface area contributed by atoms with Gasteiger partial charge in [-0.05, 0) is 13.8 Å². The molecular weight excluding hydrogens is 265 g/mol. The van der Waals surface area contributed by atoms with Gasteiger partial charge in [0.2, 0.25) is 5.91 Å². The fourth-order valence-electron chi connectivity index (χ4n) is 1.22. The molecule has 0 fully saturated rings. The van der Waals surface area contributed by atoms with Crippen molar-refractivity contribution in [1.29, 1.82) is 0 Å². The molecule has 0 aliphatic heterocycles. The quantitative estimate of drug-likeness (QED) is 0.848. The third-order valence-electron chi connectivity index (χ3n) is 1.97. The number of nitrogens with one attached hydrogen (secondary N) is 1. The number of nitrogens with zero attached hydrogens (tertiary/aromatic N) is 2. The Morgan fingerprint density at radius 1 is 1.53 bits per heavy atom. The van der Waals surface area contributed by atoms with Gasteiger partial charge in [-0.2, -0.15) is 0 Å². The van der Waals surface area contributed by atoms with Crippen LogP contribution in [0, 0.1) is 0 Å². The summed E-state index contributed by atoms with van der Waals surface area (Å²) < 4.78 is 1.26. The van der Waals surface area contributed by atoms with Gasteiger partial charge in [0.1, 0.15) is 5.02 Å². The molecule has 1 N–H and O–H groups in total. The van der Waals surface area contributed by atoms with Gasteiger partial charge in [0.25, 0.3) is 5.56 Å². The summed E-state index contributed by atoms with van der Waals surface area (Å²) in [5.41, 5.74) is -0.441. The number of rotatable bonds is 4. The van der Waals surface area contributed by atoms with E-state index >= 15 is 0 Å². The van der Waals surface area contributed by atoms with E-state index in [9.17, 15) is 9.59 Å². The van der Waals surface area contributed by atoms with E-state index in [1.54, 1.807) is 0 Å². The van der Waals surface area contributed by atoms with Crippen molar-refractivity contribution in [2.45, 2.75) is 32.9 Å². The lowest BCUT2D eigenvalue weighted by molar-refractivity contribution is -0.121. The zero-order valence-electron chi connectivity index (χ0n) is 9.54. The molecular formula is C10H13Cl2N3O2. The van der Waals surface area contributed by atoms with Gasteiger partial charge < -0.3 is 5.32 Å². The van der Waals surface area contributed by atoms with Gasteiger partial charge in [0, 0.05) is 19.0 Å². The molecule has 1 rings (SSSR count). The molecule has 0 saturated carbocycles. The summed E-state index contributed by atoms with van der Waals surface area (Å²) in [7, 11) is 0. The summed E-state index contributed by atoms with van der Waals surface area (Å²) in [4.78, 5) is 26.7. The predicted octanol–water partition coefficient (Wildman–Crippen LogP) is 1.46. The van der Waals surface area contributed by atoms with Gasteiger partial charge in [-0.3, -0.25) is 14.2 Å². The SMILES string of the molecule is CC(C)NC(=O)CCn1cnc(Cl)c(Cl)c1=O. The van der Waals surface area contributed by atoms with Crippen molar-refractivity contribution < 1.29 is 4.79 Å². The minimum Gasteiger partial charge on any atom is -0.354 e. The van der Waals surface area contributed by atoms with Crippen molar-refractivity contribution >= 4 is 29.1 Å². The molecule has 1 heterocycles. The highest BCUT2D eigenvalue weighted by molar-refractivity contribution is 6.40. The lowest BCUT2D eigenvalue weighted by Crippen LogP contribution is -2.32. The second-order valence-corrected chi connectivity index (χ2v) is 4.56. The highest BCUT2D eigenvalue weighted by Crippen LogP contribution is 2.12. The molecule has 0 radical (unpaired) electrons. The van der Waals surface area contributed by atoms with Crippen molar-refractivity contribution in [3.8, 4) is 0 Å². The number of carbonyl (C=O) groups is 1. The van der Waals surface area contributed by atoms with Gasteiger partial charge in [-0.25, -0.2) is 4.98 Å². The van der Waals surface area contributed by atoms with Crippen LogP contribution in [-0.4, -0.2) is 21.5 Å². The lowest BCUT2D eigenvalue weighted by Gasteiger charge is -2.09. The number of aryl methyl sites for hydroxylation is 1. The average Bonchev–Trinajstić information content (AvgIpc) is 2.24. The monoisotopic (exact) mass is 277 g/mol. The number of halogens is 2. The van der Waals surface area contributed by atoms with Crippen LogP contribution < -0.4 is 10.9 Å². The van der Waals surface area contributed by atoms with E-state index in [1.165, 1.54) is 10.9 Å². The summed E-state index contributed by atoms with van der Waals surface area (Å²) in [6.45, 7) is 3.96. The minimum atomic E-state index is -0.441. The van der Waals surface area contributed by atoms with E-state index < -0.39 is 5.56 Å². The van der Waals surface area contributed by atoms with Crippen LogP contribution in [0.25, 0.3) is 0 Å². The van der Waals surface area contributed by atoms with E-state index in [2.05, 4.69) is 10.3 Å². The summed E-state index contributed by atoms with van der Waals surface area (Å²) in [6, 6.07) is 0.0751. The number of amides is 1. The smallest absolute Gasteiger partial charge is 0.273 e. The Hall–Kier alpha value is -1.07. The zero-order chi connectivity index (χ0) is 13.0. The summed E-state index contributed by atoms with van der Waals surface area (Å²) in [5, 5.41) is 2.57. The van der Waals surface area contributed by atoms with Crippen molar-refractivity contribution in [3.05, 3.63) is 26.9 Å². The van der Waals surface area contributed by atoms with Crippen molar-refractivity contribution in [1.82, 2.24) is 14.9 Å². The first-order valence-corrected chi connectivity index (χ1v) is 5.87. The van der Waals surface area contributed by atoms with Crippen LogP contribution in [0.2, 0.25) is 10.2 Å². The van der Waals surface area contributed by atoms with Gasteiger partial charge >= 0.3 is 0 Å². The van der Waals surface area contributed by atoms with E-state index in [0.717, 1.165) is 0 Å². The number of hydrogen-bond donors (Lipinski definition) is 1. The Kier molecular flexibility index (Phi) is 4.96. The van der Waals surface area contributed by atoms with Crippen LogP contribution in [-0.2, 0) is 11.3 Å². The highest BCUT2D eigenvalue weighted by Gasteiger charge is 2.09. The molecule has 0 bridgehead atoms. The standard InChI is InChI=1S/C10H13Cl2N3O2/c1-6(2)14-7(16)3-4-15-5-13-9(12)8(11)10(15)17/h5-6H,3-4H2,1-2H3,(H,14,16). The second kappa shape index (κ2) is 6.02. The maximum Gasteiger partial charge on any atom is 0.273 e. The molecule has 1 aromatic rings. The summed E-state index contributed by atoms with van der Waals surface area (Å²) in [5.74, 6) is -0.127. The number of aromatic nitrogens is 2. The maximum absolute atomic E-state index is 11.6. The molecule has 1 amide bonds. The van der Waals surface area contributed by atoms with Gasteiger partial charge in [-0.15, -0.1) is 0 Å². The topological polar surface area (TPSA) is 64.0 Å². The molecule has 1 aromatic heterocycles. The first-order valence-electron chi connectivity index (χ1n) is 5.11. The van der Waals surface area contributed by atoms with Gasteiger partial charge in [0.15, 0.2) is 5.15 Å². The zero-order valence-corrected chi connectivity index (χ0v) is 11.0. The Morgan fingerprint density at radius 2 is 2.18 bits per heavy atom. The Labute approximate surface area is 109 Å². The molecule has 0 aliphatic carbocycles. The molecule has 0 unspecified atom stereocenters. The van der Waals surface area contributed by atoms with Gasteiger partial charge in [-0.1, -0.05) is 23.2 Å². The Bertz CT molecular complexity index is 471. The molecule has 94 valence electrons. The van der Waals surface area contributed by atoms with Gasteiger partial charge in [0.05, 0.1) is 6.33 Å². The molecule has 5 nitrogen and oxygen atoms in total. The minimum absolute atomic E-state index is 0.0282. The molecule has 0 aliphatic rings. The molecule has 0 saturated heterocycles. The largest absolute Gasteiger partial charge is 0.354 e. The van der Waals surface area contributed by atoms with Crippen LogP contribution in [0.1, 0.15) is 20.3 Å². The van der Waals surface area contributed by atoms with E-state index in [4.69, 9.17) is 23.2 Å². The molecule has 17 heavy (non-hydrogen) atoms. The highest BCUT2D eigenvalue weighted by atomic mass is 35.5. The van der Waals surface area contributed by atoms with Crippen molar-refractivity contribution in [2.75, 3.05) is 0 Å². The summed E-state index contributed by atoms with van der Waals surface area (Å²) in [6.07, 6.45) is 1.47. The van der Waals surface area contributed by atoms with E-state index in [1.807, 2.05) is 13.8 Å². The Balaban J connectivity index is 2.68. The summed E-state index contributed by atoms with van der Waals surface area (Å²) >= 11 is 11.2. The van der Waals surface area contributed by atoms with E-state index in [0.29, 0.717) is 0 Å². The molecule has 7 heteroatoms. The van der Waals surface area contributed by atoms with Crippen LogP contribution in [0.15, 0.2) is 11.1 Å². The predicted molar refractivity (Wildman–Crippen MR) is 66.4 cm³/mol. The van der Waals surface area contributed by atoms with Crippen LogP contribution in [0.4, 0.5) is 0 Å². The normalized spacial score (nSPS) is 10.6.